The van der Waals surface area contributed by atoms with Crippen LogP contribution in [0.4, 0.5) is 5.69 Å². The maximum Gasteiger partial charge on any atom is 0.269 e. The Hall–Kier alpha value is -4.67. The highest BCUT2D eigenvalue weighted by Crippen LogP contribution is 2.32. The van der Waals surface area contributed by atoms with E-state index in [2.05, 4.69) is 0 Å². The van der Waals surface area contributed by atoms with Crippen LogP contribution in [0, 0.1) is 10.1 Å². The molecule has 194 valence electrons. The number of aldehydes is 1. The van der Waals surface area contributed by atoms with Crippen molar-refractivity contribution >= 4 is 17.9 Å². The van der Waals surface area contributed by atoms with Gasteiger partial charge in [-0.15, -0.1) is 0 Å². The molecule has 2 heterocycles. The number of aromatic nitrogens is 1. The molecule has 0 unspecified atom stereocenters. The number of carbonyl (C=O) groups is 2. The second kappa shape index (κ2) is 12.5. The summed E-state index contributed by atoms with van der Waals surface area (Å²) in [5.41, 5.74) is 10.2. The molecule has 0 radical (unpaired) electrons. The van der Waals surface area contributed by atoms with Gasteiger partial charge in [0.25, 0.3) is 5.69 Å². The Kier molecular flexibility index (Phi) is 8.70. The van der Waals surface area contributed by atoms with E-state index < -0.39 is 10.8 Å². The minimum atomic E-state index is -0.543. The number of non-ortho nitro benzene ring substituents is 1. The van der Waals surface area contributed by atoms with Gasteiger partial charge < -0.3 is 24.4 Å². The smallest absolute Gasteiger partial charge is 0.269 e. The molecule has 0 aliphatic heterocycles. The molecule has 0 saturated heterocycles. The van der Waals surface area contributed by atoms with Crippen molar-refractivity contribution in [2.24, 2.45) is 5.73 Å². The first-order chi connectivity index (χ1) is 18.5. The number of carbonyl (C=O) groups excluding carboxylic acids is 2. The highest BCUT2D eigenvalue weighted by molar-refractivity contribution is 5.95. The van der Waals surface area contributed by atoms with Gasteiger partial charge in [0.1, 0.15) is 18.6 Å². The normalized spacial score (nSPS) is 10.8. The number of benzene rings is 2. The highest BCUT2D eigenvalue weighted by Gasteiger charge is 2.15. The predicted octanol–water partition coefficient (Wildman–Crippen LogP) is 4.46. The first-order valence-corrected chi connectivity index (χ1v) is 11.8. The molecule has 0 fully saturated rings. The lowest BCUT2D eigenvalue weighted by atomic mass is 9.95. The summed E-state index contributed by atoms with van der Waals surface area (Å²) in [5, 5.41) is 11.1. The van der Waals surface area contributed by atoms with Crippen LogP contribution in [0.1, 0.15) is 15.9 Å². The molecule has 4 aromatic rings. The van der Waals surface area contributed by atoms with Crippen molar-refractivity contribution in [3.05, 3.63) is 94.2 Å². The van der Waals surface area contributed by atoms with Crippen LogP contribution in [0.15, 0.2) is 77.4 Å². The topological polar surface area (TPSA) is 148 Å². The molecule has 2 aromatic heterocycles. The third-order valence-electron chi connectivity index (χ3n) is 5.75. The van der Waals surface area contributed by atoms with E-state index in [4.69, 9.17) is 24.6 Å². The van der Waals surface area contributed by atoms with Gasteiger partial charge in [0, 0.05) is 23.3 Å². The van der Waals surface area contributed by atoms with Gasteiger partial charge in [-0.3, -0.25) is 14.9 Å². The third-order valence-corrected chi connectivity index (χ3v) is 5.75. The zero-order chi connectivity index (χ0) is 26.9. The lowest BCUT2D eigenvalue weighted by molar-refractivity contribution is -0.384. The zero-order valence-electron chi connectivity index (χ0n) is 20.4. The summed E-state index contributed by atoms with van der Waals surface area (Å²) >= 11 is 0. The largest absolute Gasteiger partial charge is 0.463 e. The Balaban J connectivity index is 1.66. The lowest BCUT2D eigenvalue weighted by Crippen LogP contribution is -2.15. The van der Waals surface area contributed by atoms with Crippen LogP contribution in [0.25, 0.3) is 33.8 Å². The van der Waals surface area contributed by atoms with Gasteiger partial charge in [0.05, 0.1) is 36.7 Å². The van der Waals surface area contributed by atoms with Crippen molar-refractivity contribution in [2.45, 2.75) is 6.42 Å². The van der Waals surface area contributed by atoms with Gasteiger partial charge in [-0.2, -0.15) is 0 Å². The fourth-order valence-electron chi connectivity index (χ4n) is 3.90. The molecule has 0 bridgehead atoms. The quantitative estimate of drug-likeness (QED) is 0.119. The molecule has 0 aliphatic carbocycles. The molecule has 38 heavy (non-hydrogen) atoms. The molecule has 2 N–H and O–H groups in total. The van der Waals surface area contributed by atoms with Gasteiger partial charge in [0.2, 0.25) is 5.91 Å². The fraction of sp³-hybridized carbons (Fsp3) is 0.179. The monoisotopic (exact) mass is 515 g/mol. The molecule has 0 atom stereocenters. The van der Waals surface area contributed by atoms with Gasteiger partial charge >= 0.3 is 0 Å². The number of ether oxygens (including phenoxy) is 2. The number of furan rings is 1. The van der Waals surface area contributed by atoms with E-state index in [1.54, 1.807) is 42.7 Å². The van der Waals surface area contributed by atoms with Crippen LogP contribution in [0.2, 0.25) is 0 Å². The van der Waals surface area contributed by atoms with E-state index in [0.29, 0.717) is 60.8 Å². The summed E-state index contributed by atoms with van der Waals surface area (Å²) in [6.45, 7) is 0.954. The summed E-state index contributed by atoms with van der Waals surface area (Å²) < 4.78 is 16.2. The Bertz CT molecular complexity index is 1420. The molecule has 10 heteroatoms. The van der Waals surface area contributed by atoms with Crippen LogP contribution >= 0.6 is 0 Å². The van der Waals surface area contributed by atoms with Crippen molar-refractivity contribution in [3.8, 4) is 33.8 Å². The number of nitro benzene ring substituents is 1. The Morgan fingerprint density at radius 3 is 2.37 bits per heavy atom. The SMILES string of the molecule is NC(=O)c1ccc(-c2cc(-c3ccc([N+](=O)[O-])cc3)nc(-c3ccco3)c2)cc1CCOCCOCC=O. The van der Waals surface area contributed by atoms with Crippen molar-refractivity contribution in [1.29, 1.82) is 0 Å². The number of nitro groups is 1. The molecule has 0 aliphatic rings. The molecule has 2 aromatic carbocycles. The molecule has 4 rings (SSSR count). The first-order valence-electron chi connectivity index (χ1n) is 11.8. The summed E-state index contributed by atoms with van der Waals surface area (Å²) in [6.07, 6.45) is 2.66. The number of nitrogens with zero attached hydrogens (tertiary/aromatic N) is 2. The Morgan fingerprint density at radius 1 is 0.947 bits per heavy atom. The van der Waals surface area contributed by atoms with E-state index >= 15 is 0 Å². The van der Waals surface area contributed by atoms with Gasteiger partial charge in [-0.1, -0.05) is 12.1 Å². The molecular formula is C28H25N3O7. The maximum absolute atomic E-state index is 12.1. The number of pyridine rings is 1. The summed E-state index contributed by atoms with van der Waals surface area (Å²) in [5.74, 6) is 0.0210. The maximum atomic E-state index is 12.1. The van der Waals surface area contributed by atoms with E-state index in [0.717, 1.165) is 16.7 Å². The third kappa shape index (κ3) is 6.55. The summed E-state index contributed by atoms with van der Waals surface area (Å²) in [6, 6.07) is 18.8. The minimum absolute atomic E-state index is 0.0136. The summed E-state index contributed by atoms with van der Waals surface area (Å²) in [4.78, 5) is 37.7. The summed E-state index contributed by atoms with van der Waals surface area (Å²) in [7, 11) is 0. The van der Waals surface area contributed by atoms with Crippen LogP contribution < -0.4 is 5.73 Å². The average molecular weight is 516 g/mol. The number of amides is 1. The van der Waals surface area contributed by atoms with E-state index in [1.165, 1.54) is 12.1 Å². The standard InChI is InChI=1S/C28H25N3O7/c29-28(33)24-8-5-20(16-21(24)9-12-36-14-15-37-13-10-32)22-17-25(19-3-6-23(7-4-19)31(34)35)30-26(18-22)27-2-1-11-38-27/h1-8,10-11,16-18H,9,12-15H2,(H2,29,33). The lowest BCUT2D eigenvalue weighted by Gasteiger charge is -2.13. The predicted molar refractivity (Wildman–Crippen MR) is 139 cm³/mol. The van der Waals surface area contributed by atoms with Crippen LogP contribution in [0.3, 0.4) is 0 Å². The van der Waals surface area contributed by atoms with E-state index in [-0.39, 0.29) is 12.3 Å². The molecule has 0 saturated carbocycles. The first kappa shape index (κ1) is 26.4. The number of hydrogen-bond donors (Lipinski definition) is 1. The van der Waals surface area contributed by atoms with Crippen LogP contribution in [0.5, 0.6) is 0 Å². The van der Waals surface area contributed by atoms with Crippen LogP contribution in [-0.2, 0) is 20.7 Å². The van der Waals surface area contributed by atoms with Crippen molar-refractivity contribution < 1.29 is 28.4 Å². The molecule has 1 amide bonds. The van der Waals surface area contributed by atoms with Gasteiger partial charge in [-0.25, -0.2) is 4.98 Å². The number of rotatable bonds is 13. The zero-order valence-corrected chi connectivity index (χ0v) is 20.4. The Labute approximate surface area is 218 Å². The van der Waals surface area contributed by atoms with E-state index in [9.17, 15) is 19.7 Å². The average Bonchev–Trinajstić information content (AvgIpc) is 3.47. The van der Waals surface area contributed by atoms with Gasteiger partial charge in [-0.05, 0) is 65.6 Å². The number of nitrogens with two attached hydrogens (primary N) is 1. The fourth-order valence-corrected chi connectivity index (χ4v) is 3.90. The second-order valence-electron chi connectivity index (χ2n) is 8.25. The van der Waals surface area contributed by atoms with Crippen molar-refractivity contribution in [3.63, 3.8) is 0 Å². The van der Waals surface area contributed by atoms with E-state index in [1.807, 2.05) is 18.2 Å². The number of hydrogen-bond acceptors (Lipinski definition) is 8. The molecule has 10 nitrogen and oxygen atoms in total. The second-order valence-corrected chi connectivity index (χ2v) is 8.25. The van der Waals surface area contributed by atoms with Gasteiger partial charge in [0.15, 0.2) is 5.76 Å². The Morgan fingerprint density at radius 2 is 1.68 bits per heavy atom. The molecular weight excluding hydrogens is 490 g/mol. The van der Waals surface area contributed by atoms with Crippen molar-refractivity contribution in [1.82, 2.24) is 4.98 Å². The number of primary amides is 1. The minimum Gasteiger partial charge on any atom is -0.463 e. The van der Waals surface area contributed by atoms with Crippen molar-refractivity contribution in [2.75, 3.05) is 26.4 Å². The molecule has 0 spiro atoms. The van der Waals surface area contributed by atoms with Crippen LogP contribution in [-0.4, -0.2) is 48.5 Å². The highest BCUT2D eigenvalue weighted by atomic mass is 16.6.